The Hall–Kier alpha value is -2.93. The fourth-order valence-corrected chi connectivity index (χ4v) is 2.65. The lowest BCUT2D eigenvalue weighted by atomic mass is 10.2. The first-order chi connectivity index (χ1) is 12.0. The van der Waals surface area contributed by atoms with Crippen molar-refractivity contribution >= 4 is 16.9 Å². The second kappa shape index (κ2) is 7.31. The number of H-pyrrole nitrogens is 2. The fraction of sp³-hybridized carbons (Fsp3) is 0.222. The van der Waals surface area contributed by atoms with E-state index in [0.29, 0.717) is 18.6 Å². The van der Waals surface area contributed by atoms with Crippen molar-refractivity contribution < 1.29 is 9.18 Å². The molecule has 1 amide bonds. The van der Waals surface area contributed by atoms with Crippen molar-refractivity contribution in [1.29, 1.82) is 0 Å². The Bertz CT molecular complexity index is 930. The van der Waals surface area contributed by atoms with Crippen LogP contribution in [0.25, 0.3) is 11.0 Å². The lowest BCUT2D eigenvalue weighted by molar-refractivity contribution is -0.122. The fourth-order valence-electron chi connectivity index (χ4n) is 2.65. The molecular weight excluding hydrogens is 323 g/mol. The largest absolute Gasteiger partial charge is 0.351 e. The molecule has 1 aromatic heterocycles. The van der Waals surface area contributed by atoms with E-state index in [1.54, 1.807) is 18.2 Å². The van der Waals surface area contributed by atoms with Crippen LogP contribution in [-0.4, -0.2) is 34.4 Å². The highest BCUT2D eigenvalue weighted by Gasteiger charge is 2.08. The smallest absolute Gasteiger partial charge is 0.323 e. The molecule has 1 heterocycles. The Kier molecular flexibility index (Phi) is 4.95. The number of likely N-dealkylation sites (N-methyl/N-ethyl adjacent to an activating group) is 1. The number of nitrogens with zero attached hydrogens (tertiary/aromatic N) is 1. The molecule has 25 heavy (non-hydrogen) atoms. The summed E-state index contributed by atoms with van der Waals surface area (Å²) < 4.78 is 12.9. The minimum Gasteiger partial charge on any atom is -0.351 e. The highest BCUT2D eigenvalue weighted by Crippen LogP contribution is 2.10. The predicted molar refractivity (Wildman–Crippen MR) is 93.5 cm³/mol. The summed E-state index contributed by atoms with van der Waals surface area (Å²) in [5, 5.41) is 2.85. The molecule has 0 bridgehead atoms. The van der Waals surface area contributed by atoms with Gasteiger partial charge in [0.2, 0.25) is 5.91 Å². The zero-order valence-electron chi connectivity index (χ0n) is 13.8. The molecule has 0 spiro atoms. The van der Waals surface area contributed by atoms with Gasteiger partial charge in [0.1, 0.15) is 5.82 Å². The Morgan fingerprint density at radius 3 is 2.52 bits per heavy atom. The van der Waals surface area contributed by atoms with Crippen LogP contribution in [0.4, 0.5) is 4.39 Å². The summed E-state index contributed by atoms with van der Waals surface area (Å²) in [7, 11) is 1.83. The average molecular weight is 342 g/mol. The second-order valence-electron chi connectivity index (χ2n) is 6.03. The zero-order valence-corrected chi connectivity index (χ0v) is 13.8. The standard InChI is InChI=1S/C18H19FN4O2/c1-23(10-12-2-5-14(19)6-3-12)11-17(24)20-9-13-4-7-15-16(8-13)22-18(25)21-15/h2-8H,9-11H2,1H3,(H,20,24)(H2,21,22,25). The normalized spacial score (nSPS) is 11.2. The third-order valence-corrected chi connectivity index (χ3v) is 3.85. The molecular formula is C18H19FN4O2. The van der Waals surface area contributed by atoms with Gasteiger partial charge in [-0.25, -0.2) is 9.18 Å². The summed E-state index contributed by atoms with van der Waals surface area (Å²) in [6, 6.07) is 11.7. The van der Waals surface area contributed by atoms with E-state index in [2.05, 4.69) is 15.3 Å². The highest BCUT2D eigenvalue weighted by molar-refractivity contribution is 5.78. The Morgan fingerprint density at radius 2 is 1.76 bits per heavy atom. The van der Waals surface area contributed by atoms with Gasteiger partial charge in [-0.1, -0.05) is 18.2 Å². The van der Waals surface area contributed by atoms with E-state index >= 15 is 0 Å². The van der Waals surface area contributed by atoms with Crippen LogP contribution >= 0.6 is 0 Å². The van der Waals surface area contributed by atoms with Gasteiger partial charge in [0.15, 0.2) is 0 Å². The number of benzene rings is 2. The van der Waals surface area contributed by atoms with Crippen LogP contribution in [0, 0.1) is 5.82 Å². The quantitative estimate of drug-likeness (QED) is 0.638. The first kappa shape index (κ1) is 16.9. The molecule has 0 unspecified atom stereocenters. The molecule has 0 saturated carbocycles. The van der Waals surface area contributed by atoms with E-state index in [0.717, 1.165) is 16.6 Å². The number of halogens is 1. The van der Waals surface area contributed by atoms with Crippen LogP contribution in [0.15, 0.2) is 47.3 Å². The monoisotopic (exact) mass is 342 g/mol. The van der Waals surface area contributed by atoms with Crippen molar-refractivity contribution in [3.63, 3.8) is 0 Å². The number of carbonyl (C=O) groups is 1. The van der Waals surface area contributed by atoms with Crippen molar-refractivity contribution in [2.24, 2.45) is 0 Å². The molecule has 3 N–H and O–H groups in total. The molecule has 6 nitrogen and oxygen atoms in total. The highest BCUT2D eigenvalue weighted by atomic mass is 19.1. The van der Waals surface area contributed by atoms with Gasteiger partial charge in [-0.05, 0) is 42.4 Å². The van der Waals surface area contributed by atoms with Crippen molar-refractivity contribution in [2.45, 2.75) is 13.1 Å². The summed E-state index contributed by atoms with van der Waals surface area (Å²) in [5.74, 6) is -0.378. The van der Waals surface area contributed by atoms with Gasteiger partial charge in [-0.2, -0.15) is 0 Å². The first-order valence-electron chi connectivity index (χ1n) is 7.90. The topological polar surface area (TPSA) is 81.0 Å². The molecule has 0 aliphatic rings. The van der Waals surface area contributed by atoms with Gasteiger partial charge in [0.25, 0.3) is 0 Å². The van der Waals surface area contributed by atoms with Crippen LogP contribution in [0.1, 0.15) is 11.1 Å². The van der Waals surface area contributed by atoms with Crippen molar-refractivity contribution in [2.75, 3.05) is 13.6 Å². The lowest BCUT2D eigenvalue weighted by Gasteiger charge is -2.16. The molecule has 0 aliphatic heterocycles. The average Bonchev–Trinajstić information content (AvgIpc) is 2.94. The molecule has 3 rings (SSSR count). The third-order valence-electron chi connectivity index (χ3n) is 3.85. The molecule has 0 radical (unpaired) electrons. The SMILES string of the molecule is CN(CC(=O)NCc1ccc2[nH]c(=O)[nH]c2c1)Cc1ccc(F)cc1. The molecule has 0 aliphatic carbocycles. The number of fused-ring (bicyclic) bond motifs is 1. The molecule has 0 fully saturated rings. The maximum atomic E-state index is 12.9. The van der Waals surface area contributed by atoms with E-state index in [1.165, 1.54) is 12.1 Å². The lowest BCUT2D eigenvalue weighted by Crippen LogP contribution is -2.34. The van der Waals surface area contributed by atoms with Crippen LogP contribution in [0.2, 0.25) is 0 Å². The van der Waals surface area contributed by atoms with Crippen LogP contribution in [0.3, 0.4) is 0 Å². The minimum absolute atomic E-state index is 0.104. The Balaban J connectivity index is 1.51. The maximum absolute atomic E-state index is 12.9. The third kappa shape index (κ3) is 4.54. The number of hydrogen-bond donors (Lipinski definition) is 3. The van der Waals surface area contributed by atoms with E-state index in [4.69, 9.17) is 0 Å². The summed E-state index contributed by atoms with van der Waals surface area (Å²) >= 11 is 0. The molecule has 130 valence electrons. The zero-order chi connectivity index (χ0) is 17.8. The number of hydrogen-bond acceptors (Lipinski definition) is 3. The molecule has 7 heteroatoms. The summed E-state index contributed by atoms with van der Waals surface area (Å²) in [6.07, 6.45) is 0. The molecule has 3 aromatic rings. The van der Waals surface area contributed by atoms with Gasteiger partial charge in [0, 0.05) is 13.1 Å². The van der Waals surface area contributed by atoms with Gasteiger partial charge >= 0.3 is 5.69 Å². The van der Waals surface area contributed by atoms with Crippen molar-refractivity contribution in [1.82, 2.24) is 20.2 Å². The number of rotatable bonds is 6. The summed E-state index contributed by atoms with van der Waals surface area (Å²) in [4.78, 5) is 30.5. The molecule has 0 atom stereocenters. The maximum Gasteiger partial charge on any atom is 0.323 e. The van der Waals surface area contributed by atoms with E-state index in [1.807, 2.05) is 24.1 Å². The van der Waals surface area contributed by atoms with Gasteiger partial charge < -0.3 is 15.3 Å². The van der Waals surface area contributed by atoms with Crippen LogP contribution in [0.5, 0.6) is 0 Å². The minimum atomic E-state index is -0.273. The number of aromatic amines is 2. The number of nitrogens with one attached hydrogen (secondary N) is 3. The van der Waals surface area contributed by atoms with Crippen molar-refractivity contribution in [3.05, 3.63) is 69.9 Å². The van der Waals surface area contributed by atoms with Crippen LogP contribution < -0.4 is 11.0 Å². The summed E-state index contributed by atoms with van der Waals surface area (Å²) in [6.45, 7) is 1.18. The Morgan fingerprint density at radius 1 is 1.08 bits per heavy atom. The van der Waals surface area contributed by atoms with Gasteiger partial charge in [-0.15, -0.1) is 0 Å². The molecule has 2 aromatic carbocycles. The van der Waals surface area contributed by atoms with Gasteiger partial charge in [0.05, 0.1) is 17.6 Å². The van der Waals surface area contributed by atoms with E-state index in [9.17, 15) is 14.0 Å². The van der Waals surface area contributed by atoms with E-state index in [-0.39, 0.29) is 24.0 Å². The summed E-state index contributed by atoms with van der Waals surface area (Å²) in [5.41, 5.74) is 3.04. The predicted octanol–water partition coefficient (Wildman–Crippen LogP) is 1.74. The van der Waals surface area contributed by atoms with Gasteiger partial charge in [-0.3, -0.25) is 9.69 Å². The number of amides is 1. The number of carbonyl (C=O) groups excluding carboxylic acids is 1. The van der Waals surface area contributed by atoms with Crippen molar-refractivity contribution in [3.8, 4) is 0 Å². The number of aromatic nitrogens is 2. The second-order valence-corrected chi connectivity index (χ2v) is 6.03. The van der Waals surface area contributed by atoms with E-state index < -0.39 is 0 Å². The molecule has 0 saturated heterocycles. The number of imidazole rings is 1. The van der Waals surface area contributed by atoms with Crippen LogP contribution in [-0.2, 0) is 17.9 Å². The first-order valence-corrected chi connectivity index (χ1v) is 7.90. The Labute approximate surface area is 143 Å².